The Hall–Kier alpha value is -2.40. The molecule has 2 rings (SSSR count). The van der Waals surface area contributed by atoms with Crippen molar-refractivity contribution in [2.24, 2.45) is 5.92 Å². The Balaban J connectivity index is 2.11. The SMILES string of the molecule is COc1ccc(C(=O)Nc2ccc(OCC(C)C)c(Cl)c2)cc1OC. The lowest BCUT2D eigenvalue weighted by Crippen LogP contribution is -2.12. The number of carbonyl (C=O) groups excluding carboxylic acids is 1. The largest absolute Gasteiger partial charge is 0.493 e. The van der Waals surface area contributed by atoms with Gasteiger partial charge in [0.1, 0.15) is 5.75 Å². The van der Waals surface area contributed by atoms with Gasteiger partial charge in [-0.3, -0.25) is 4.79 Å². The summed E-state index contributed by atoms with van der Waals surface area (Å²) in [6.45, 7) is 4.70. The molecular formula is C19H22ClNO4. The van der Waals surface area contributed by atoms with Crippen LogP contribution >= 0.6 is 11.6 Å². The van der Waals surface area contributed by atoms with E-state index < -0.39 is 0 Å². The standard InChI is InChI=1S/C19H22ClNO4/c1-12(2)11-25-16-8-6-14(10-15(16)20)21-19(22)13-5-7-17(23-3)18(9-13)24-4/h5-10,12H,11H2,1-4H3,(H,21,22). The Labute approximate surface area is 152 Å². The summed E-state index contributed by atoms with van der Waals surface area (Å²) in [4.78, 5) is 12.4. The lowest BCUT2D eigenvalue weighted by atomic mass is 10.2. The van der Waals surface area contributed by atoms with E-state index in [1.54, 1.807) is 43.5 Å². The maximum atomic E-state index is 12.4. The predicted molar refractivity (Wildman–Crippen MR) is 99.3 cm³/mol. The highest BCUT2D eigenvalue weighted by Gasteiger charge is 2.12. The summed E-state index contributed by atoms with van der Waals surface area (Å²) in [6, 6.07) is 10.1. The Morgan fingerprint density at radius 1 is 1.04 bits per heavy atom. The van der Waals surface area contributed by atoms with Gasteiger partial charge < -0.3 is 19.5 Å². The van der Waals surface area contributed by atoms with Crippen LogP contribution in [0.1, 0.15) is 24.2 Å². The minimum absolute atomic E-state index is 0.270. The van der Waals surface area contributed by atoms with Crippen molar-refractivity contribution in [3.05, 3.63) is 47.0 Å². The second-order valence-corrected chi connectivity index (χ2v) is 6.28. The molecule has 0 fully saturated rings. The van der Waals surface area contributed by atoms with Crippen LogP contribution in [-0.2, 0) is 0 Å². The van der Waals surface area contributed by atoms with Crippen molar-refractivity contribution < 1.29 is 19.0 Å². The highest BCUT2D eigenvalue weighted by Crippen LogP contribution is 2.30. The minimum Gasteiger partial charge on any atom is -0.493 e. The Morgan fingerprint density at radius 2 is 1.72 bits per heavy atom. The fraction of sp³-hybridized carbons (Fsp3) is 0.316. The van der Waals surface area contributed by atoms with Gasteiger partial charge in [0.15, 0.2) is 11.5 Å². The summed E-state index contributed by atoms with van der Waals surface area (Å²) >= 11 is 6.22. The molecule has 0 bridgehead atoms. The topological polar surface area (TPSA) is 56.8 Å². The van der Waals surface area contributed by atoms with Gasteiger partial charge in [0.25, 0.3) is 5.91 Å². The molecule has 1 N–H and O–H groups in total. The van der Waals surface area contributed by atoms with Crippen molar-refractivity contribution in [1.82, 2.24) is 0 Å². The molecule has 0 spiro atoms. The normalized spacial score (nSPS) is 10.5. The zero-order valence-corrected chi connectivity index (χ0v) is 15.5. The van der Waals surface area contributed by atoms with E-state index in [0.29, 0.717) is 46.0 Å². The molecule has 0 unspecified atom stereocenters. The average Bonchev–Trinajstić information content (AvgIpc) is 2.60. The molecule has 0 saturated heterocycles. The van der Waals surface area contributed by atoms with E-state index in [-0.39, 0.29) is 5.91 Å². The molecule has 2 aromatic carbocycles. The van der Waals surface area contributed by atoms with E-state index in [1.165, 1.54) is 7.11 Å². The smallest absolute Gasteiger partial charge is 0.255 e. The molecule has 0 heterocycles. The summed E-state index contributed by atoms with van der Waals surface area (Å²) in [5.74, 6) is 1.78. The molecule has 0 aliphatic carbocycles. The summed E-state index contributed by atoms with van der Waals surface area (Å²) in [5, 5.41) is 3.25. The third-order valence-electron chi connectivity index (χ3n) is 3.41. The monoisotopic (exact) mass is 363 g/mol. The fourth-order valence-electron chi connectivity index (χ4n) is 2.13. The van der Waals surface area contributed by atoms with Crippen molar-refractivity contribution in [3.63, 3.8) is 0 Å². The quantitative estimate of drug-likeness (QED) is 0.778. The van der Waals surface area contributed by atoms with Crippen LogP contribution in [0.2, 0.25) is 5.02 Å². The second kappa shape index (κ2) is 8.62. The Kier molecular flexibility index (Phi) is 6.53. The molecule has 2 aromatic rings. The maximum Gasteiger partial charge on any atom is 0.255 e. The molecule has 0 aromatic heterocycles. The highest BCUT2D eigenvalue weighted by molar-refractivity contribution is 6.32. The highest BCUT2D eigenvalue weighted by atomic mass is 35.5. The number of rotatable bonds is 7. The van der Waals surface area contributed by atoms with Crippen LogP contribution < -0.4 is 19.5 Å². The van der Waals surface area contributed by atoms with Gasteiger partial charge in [-0.1, -0.05) is 25.4 Å². The van der Waals surface area contributed by atoms with Crippen LogP contribution in [0, 0.1) is 5.92 Å². The number of ether oxygens (including phenoxy) is 3. The van der Waals surface area contributed by atoms with Gasteiger partial charge in [-0.2, -0.15) is 0 Å². The number of amides is 1. The van der Waals surface area contributed by atoms with E-state index in [4.69, 9.17) is 25.8 Å². The fourth-order valence-corrected chi connectivity index (χ4v) is 2.37. The molecule has 0 aliphatic heterocycles. The summed E-state index contributed by atoms with van der Waals surface area (Å²) in [6.07, 6.45) is 0. The molecule has 0 atom stereocenters. The molecule has 134 valence electrons. The van der Waals surface area contributed by atoms with Gasteiger partial charge in [0, 0.05) is 11.3 Å². The summed E-state index contributed by atoms with van der Waals surface area (Å²) in [5.41, 5.74) is 1.04. The molecule has 0 aliphatic rings. The summed E-state index contributed by atoms with van der Waals surface area (Å²) in [7, 11) is 3.07. The number of halogens is 1. The van der Waals surface area contributed by atoms with Crippen LogP contribution in [0.5, 0.6) is 17.2 Å². The zero-order chi connectivity index (χ0) is 18.4. The van der Waals surface area contributed by atoms with Crippen LogP contribution in [0.25, 0.3) is 0 Å². The molecule has 1 amide bonds. The Bertz CT molecular complexity index is 746. The van der Waals surface area contributed by atoms with Gasteiger partial charge in [-0.15, -0.1) is 0 Å². The molecule has 0 saturated carbocycles. The van der Waals surface area contributed by atoms with Crippen molar-refractivity contribution in [2.75, 3.05) is 26.1 Å². The van der Waals surface area contributed by atoms with Gasteiger partial charge in [0.2, 0.25) is 0 Å². The van der Waals surface area contributed by atoms with Crippen LogP contribution in [-0.4, -0.2) is 26.7 Å². The predicted octanol–water partition coefficient (Wildman–Crippen LogP) is 4.64. The number of anilines is 1. The number of hydrogen-bond acceptors (Lipinski definition) is 4. The molecule has 6 heteroatoms. The van der Waals surface area contributed by atoms with Crippen molar-refractivity contribution in [2.45, 2.75) is 13.8 Å². The first-order chi connectivity index (χ1) is 11.9. The van der Waals surface area contributed by atoms with E-state index >= 15 is 0 Å². The Morgan fingerprint density at radius 3 is 2.32 bits per heavy atom. The average molecular weight is 364 g/mol. The lowest BCUT2D eigenvalue weighted by Gasteiger charge is -2.12. The molecule has 25 heavy (non-hydrogen) atoms. The molecule has 0 radical (unpaired) electrons. The number of methoxy groups -OCH3 is 2. The van der Waals surface area contributed by atoms with Crippen LogP contribution in [0.3, 0.4) is 0 Å². The number of nitrogens with one attached hydrogen (secondary N) is 1. The van der Waals surface area contributed by atoms with Crippen LogP contribution in [0.4, 0.5) is 5.69 Å². The van der Waals surface area contributed by atoms with Crippen LogP contribution in [0.15, 0.2) is 36.4 Å². The first kappa shape index (κ1) is 18.9. The number of benzene rings is 2. The number of carbonyl (C=O) groups is 1. The lowest BCUT2D eigenvalue weighted by molar-refractivity contribution is 0.102. The summed E-state index contributed by atoms with van der Waals surface area (Å²) < 4.78 is 16.0. The van der Waals surface area contributed by atoms with E-state index in [9.17, 15) is 4.79 Å². The van der Waals surface area contributed by atoms with Gasteiger partial charge in [-0.25, -0.2) is 0 Å². The van der Waals surface area contributed by atoms with Gasteiger partial charge >= 0.3 is 0 Å². The van der Waals surface area contributed by atoms with E-state index in [1.807, 2.05) is 0 Å². The van der Waals surface area contributed by atoms with Crippen molar-refractivity contribution >= 4 is 23.2 Å². The molecule has 5 nitrogen and oxygen atoms in total. The third-order valence-corrected chi connectivity index (χ3v) is 3.70. The van der Waals surface area contributed by atoms with Gasteiger partial charge in [-0.05, 0) is 42.3 Å². The third kappa shape index (κ3) is 5.03. The van der Waals surface area contributed by atoms with E-state index in [2.05, 4.69) is 19.2 Å². The first-order valence-electron chi connectivity index (χ1n) is 7.90. The van der Waals surface area contributed by atoms with E-state index in [0.717, 1.165) is 0 Å². The van der Waals surface area contributed by atoms with Crippen molar-refractivity contribution in [1.29, 1.82) is 0 Å². The second-order valence-electron chi connectivity index (χ2n) is 5.87. The minimum atomic E-state index is -0.270. The maximum absolute atomic E-state index is 12.4. The molecular weight excluding hydrogens is 342 g/mol. The first-order valence-corrected chi connectivity index (χ1v) is 8.28. The van der Waals surface area contributed by atoms with Gasteiger partial charge in [0.05, 0.1) is 25.8 Å². The van der Waals surface area contributed by atoms with Crippen molar-refractivity contribution in [3.8, 4) is 17.2 Å². The zero-order valence-electron chi connectivity index (χ0n) is 14.8. The number of hydrogen-bond donors (Lipinski definition) is 1.